The summed E-state index contributed by atoms with van der Waals surface area (Å²) in [6.07, 6.45) is 0. The Bertz CT molecular complexity index is 480. The molecule has 0 nitrogen and oxygen atoms in total. The van der Waals surface area contributed by atoms with E-state index in [1.54, 1.807) is 0 Å². The van der Waals surface area contributed by atoms with E-state index in [4.69, 9.17) is 0 Å². The van der Waals surface area contributed by atoms with Crippen molar-refractivity contribution in [1.82, 2.24) is 0 Å². The minimum absolute atomic E-state index is 0. The molecule has 0 N–H and O–H groups in total. The van der Waals surface area contributed by atoms with E-state index in [0.717, 1.165) is 0 Å². The maximum absolute atomic E-state index is 10.8. The average Bonchev–Trinajstić information content (AvgIpc) is 2.58. The van der Waals surface area contributed by atoms with Crippen LogP contribution < -0.4 is 0 Å². The van der Waals surface area contributed by atoms with E-state index in [1.807, 2.05) is 91.0 Å². The quantitative estimate of drug-likeness (QED) is 0.198. The molecule has 0 aliphatic carbocycles. The summed E-state index contributed by atoms with van der Waals surface area (Å²) < 4.78 is 59.2. The summed E-state index contributed by atoms with van der Waals surface area (Å²) >= 11 is -10.8. The molecule has 0 aromatic heterocycles. The summed E-state index contributed by atoms with van der Waals surface area (Å²) in [5.74, 6) is 0. The molecular weight excluding hydrogens is 508 g/mol. The zero-order valence-electron chi connectivity index (χ0n) is 13.5. The Morgan fingerprint density at radius 2 is 0.538 bits per heavy atom. The van der Waals surface area contributed by atoms with Gasteiger partial charge in [0.1, 0.15) is 0 Å². The monoisotopic (exact) mass is 525 g/mol. The number of halogens is 6. The summed E-state index contributed by atoms with van der Waals surface area (Å²) in [5.41, 5.74) is 0. The zero-order valence-corrected chi connectivity index (χ0v) is 18.6. The fraction of sp³-hybridized carbons (Fsp3) is 0. The van der Waals surface area contributed by atoms with Crippen LogP contribution in [-0.2, 0) is 13.5 Å². The van der Waals surface area contributed by atoms with Gasteiger partial charge >= 0.3 is 59.2 Å². The van der Waals surface area contributed by atoms with E-state index < -0.39 is 13.5 Å². The van der Waals surface area contributed by atoms with Crippen LogP contribution in [-0.4, -0.2) is 24.4 Å². The Kier molecular flexibility index (Phi) is 12.4. The summed E-state index contributed by atoms with van der Waals surface area (Å²) in [5, 5.41) is 0. The molecule has 0 unspecified atom stereocenters. The number of hydrogen-bond acceptors (Lipinski definition) is 0. The molecule has 0 heterocycles. The molecule has 0 radical (unpaired) electrons. The van der Waals surface area contributed by atoms with E-state index in [1.165, 1.54) is 0 Å². The molecule has 0 atom stereocenters. The Balaban J connectivity index is 0. The van der Waals surface area contributed by atoms with Crippen LogP contribution in [0.15, 0.2) is 91.0 Å². The third-order valence-electron chi connectivity index (χ3n) is 1.82. The molecule has 0 aliphatic heterocycles. The number of rotatable bonds is 0. The Morgan fingerprint density at radius 1 is 0.385 bits per heavy atom. The first-order valence-corrected chi connectivity index (χ1v) is 9.04. The Morgan fingerprint density at radius 3 is 0.577 bits per heavy atom. The molecule has 3 aromatic rings. The van der Waals surface area contributed by atoms with Gasteiger partial charge in [-0.3, -0.25) is 0 Å². The van der Waals surface area contributed by atoms with Gasteiger partial charge in [0.25, 0.3) is 0 Å². The van der Waals surface area contributed by atoms with Gasteiger partial charge in [0.05, 0.1) is 0 Å². The van der Waals surface area contributed by atoms with Crippen LogP contribution in [0.1, 0.15) is 0 Å². The third kappa shape index (κ3) is 38.3. The molecule has 8 heteroatoms. The van der Waals surface area contributed by atoms with E-state index in [0.29, 0.717) is 0 Å². The van der Waals surface area contributed by atoms with Crippen molar-refractivity contribution >= 4 is 24.4 Å². The first kappa shape index (κ1) is 26.8. The maximum atomic E-state index is 9.88. The second-order valence-corrected chi connectivity index (χ2v) is 6.36. The van der Waals surface area contributed by atoms with Gasteiger partial charge in [-0.2, -0.15) is 109 Å². The third-order valence-corrected chi connectivity index (χ3v) is 1.82. The van der Waals surface area contributed by atoms with Gasteiger partial charge in [-0.1, -0.05) is 0 Å². The van der Waals surface area contributed by atoms with Gasteiger partial charge in [-0.15, -0.1) is 0 Å². The zero-order chi connectivity index (χ0) is 19.1. The second kappa shape index (κ2) is 12.1. The topological polar surface area (TPSA) is 0 Å². The van der Waals surface area contributed by atoms with E-state index in [-0.39, 0.29) is 24.4 Å². The molecule has 26 heavy (non-hydrogen) atoms. The molecule has 0 saturated carbocycles. The standard InChI is InChI=1S/3C6H5.6FH.Fe.Sb.3H/c3*1-2-4-6-5-3-1;;;;;;;;;;;/h3*1-5H;6*1H;;;;;/q3*-1;;;;;;;+6;;;;/p-6. The van der Waals surface area contributed by atoms with Gasteiger partial charge < -0.3 is 0 Å². The Hall–Kier alpha value is -1.42. The van der Waals surface area contributed by atoms with Gasteiger partial charge in [-0.25, -0.2) is 0 Å². The van der Waals surface area contributed by atoms with E-state index >= 15 is 0 Å². The predicted molar refractivity (Wildman–Crippen MR) is 92.4 cm³/mol. The van der Waals surface area contributed by atoms with Crippen LogP contribution in [0, 0.1) is 18.2 Å². The van der Waals surface area contributed by atoms with E-state index in [2.05, 4.69) is 18.2 Å². The molecule has 148 valence electrons. The van der Waals surface area contributed by atoms with Crippen molar-refractivity contribution in [3.8, 4) is 0 Å². The molecule has 0 amide bonds. The minimum atomic E-state index is -10.8. The van der Waals surface area contributed by atoms with Crippen LogP contribution in [0.3, 0.4) is 0 Å². The van der Waals surface area contributed by atoms with Gasteiger partial charge in [-0.05, 0) is 0 Å². The van der Waals surface area contributed by atoms with Crippen molar-refractivity contribution in [1.29, 1.82) is 0 Å². The summed E-state index contributed by atoms with van der Waals surface area (Å²) in [7, 11) is 0. The van der Waals surface area contributed by atoms with Gasteiger partial charge in [0.15, 0.2) is 0 Å². The van der Waals surface area contributed by atoms with Crippen LogP contribution >= 0.6 is 0 Å². The minimum Gasteiger partial charge on any atom is -0.184 e. The predicted octanol–water partition coefficient (Wildman–Crippen LogP) is 5.80. The molecule has 0 fully saturated rings. The number of benzene rings is 3. The fourth-order valence-electron chi connectivity index (χ4n) is 1.03. The molecular formula is C18H18F6FeSb-3. The summed E-state index contributed by atoms with van der Waals surface area (Å²) in [4.78, 5) is 0. The molecule has 0 spiro atoms. The maximum Gasteiger partial charge on any atom is -0.171 e. The summed E-state index contributed by atoms with van der Waals surface area (Å²) in [6.45, 7) is 0. The van der Waals surface area contributed by atoms with Crippen molar-refractivity contribution in [3.63, 3.8) is 0 Å². The second-order valence-electron chi connectivity index (χ2n) is 3.99. The largest absolute Gasteiger partial charge is 0.184 e. The van der Waals surface area contributed by atoms with E-state index in [9.17, 15) is 21.3 Å². The number of hydrogen-bond donors (Lipinski definition) is 0. The van der Waals surface area contributed by atoms with Crippen molar-refractivity contribution in [2.75, 3.05) is 0 Å². The first-order valence-electron chi connectivity index (χ1n) is 6.53. The SMILES string of the molecule is [F][Fe]([F])([F])([F])([F])[F].[SbH3].[c-]1ccccc1.[c-]1ccccc1.[c-]1ccccc1. The van der Waals surface area contributed by atoms with Crippen molar-refractivity contribution in [2.45, 2.75) is 0 Å². The van der Waals surface area contributed by atoms with Crippen LogP contribution in [0.4, 0.5) is 21.3 Å². The first-order chi connectivity index (χ1) is 11.4. The van der Waals surface area contributed by atoms with Crippen LogP contribution in [0.25, 0.3) is 0 Å². The smallest absolute Gasteiger partial charge is 0.171 e. The van der Waals surface area contributed by atoms with Crippen molar-refractivity contribution in [2.24, 2.45) is 0 Å². The molecule has 0 saturated heterocycles. The van der Waals surface area contributed by atoms with Crippen molar-refractivity contribution in [3.05, 3.63) is 109 Å². The average molecular weight is 526 g/mol. The van der Waals surface area contributed by atoms with Crippen molar-refractivity contribution < 1.29 is 34.8 Å². The molecule has 0 aliphatic rings. The van der Waals surface area contributed by atoms with Gasteiger partial charge in [0, 0.05) is 0 Å². The van der Waals surface area contributed by atoms with Crippen LogP contribution in [0.2, 0.25) is 0 Å². The van der Waals surface area contributed by atoms with Crippen LogP contribution in [0.5, 0.6) is 0 Å². The summed E-state index contributed by atoms with van der Waals surface area (Å²) in [6, 6.07) is 37.5. The Labute approximate surface area is 168 Å². The molecule has 3 rings (SSSR count). The normalized spacial score (nSPS) is 11.8. The fourth-order valence-corrected chi connectivity index (χ4v) is 1.03. The molecule has 3 aromatic carbocycles. The molecule has 0 bridgehead atoms. The van der Waals surface area contributed by atoms with Gasteiger partial charge in [0.2, 0.25) is 0 Å².